The Hall–Kier alpha value is -1.16. The van der Waals surface area contributed by atoms with Gasteiger partial charge in [-0.2, -0.15) is 5.10 Å². The van der Waals surface area contributed by atoms with Crippen LogP contribution in [0, 0.1) is 6.92 Å². The van der Waals surface area contributed by atoms with E-state index in [-0.39, 0.29) is 0 Å². The molecule has 0 bridgehead atoms. The Balaban J connectivity index is 0.000000396. The number of halogens is 1. The van der Waals surface area contributed by atoms with E-state index in [1.54, 1.807) is 10.7 Å². The number of nitrogens with zero attached hydrogens (tertiary/aromatic N) is 4. The molecule has 0 radical (unpaired) electrons. The molecule has 2 aromatic rings. The molecule has 70 valence electrons. The van der Waals surface area contributed by atoms with Crippen LogP contribution in [0.2, 0.25) is 5.15 Å². The predicted molar refractivity (Wildman–Crippen MR) is 51.9 cm³/mol. The van der Waals surface area contributed by atoms with E-state index >= 15 is 0 Å². The van der Waals surface area contributed by atoms with E-state index in [4.69, 9.17) is 11.6 Å². The van der Waals surface area contributed by atoms with Crippen molar-refractivity contribution >= 4 is 17.2 Å². The summed E-state index contributed by atoms with van der Waals surface area (Å²) in [6, 6.07) is 0. The van der Waals surface area contributed by atoms with Crippen LogP contribution in [0.5, 0.6) is 0 Å². The van der Waals surface area contributed by atoms with E-state index in [9.17, 15) is 0 Å². The highest BCUT2D eigenvalue weighted by atomic mass is 35.5. The van der Waals surface area contributed by atoms with Crippen LogP contribution in [0.25, 0.3) is 5.65 Å². The van der Waals surface area contributed by atoms with Crippen molar-refractivity contribution in [2.45, 2.75) is 20.8 Å². The van der Waals surface area contributed by atoms with Crippen LogP contribution < -0.4 is 0 Å². The Kier molecular flexibility index (Phi) is 3.19. The van der Waals surface area contributed by atoms with Gasteiger partial charge in [0.15, 0.2) is 10.8 Å². The quantitative estimate of drug-likeness (QED) is 0.651. The summed E-state index contributed by atoms with van der Waals surface area (Å²) in [5.41, 5.74) is 1.42. The lowest BCUT2D eigenvalue weighted by Crippen LogP contribution is -1.92. The minimum Gasteiger partial charge on any atom is -0.236 e. The van der Waals surface area contributed by atoms with Crippen LogP contribution in [0.3, 0.4) is 0 Å². The number of aryl methyl sites for hydroxylation is 1. The van der Waals surface area contributed by atoms with Crippen molar-refractivity contribution in [1.29, 1.82) is 0 Å². The lowest BCUT2D eigenvalue weighted by molar-refractivity contribution is 0.928. The maximum absolute atomic E-state index is 5.77. The lowest BCUT2D eigenvalue weighted by atomic mass is 10.5. The fraction of sp³-hybridized carbons (Fsp3) is 0.375. The minimum atomic E-state index is 0.391. The molecule has 0 fully saturated rings. The van der Waals surface area contributed by atoms with Crippen LogP contribution in [0.4, 0.5) is 0 Å². The molecule has 0 unspecified atom stereocenters. The van der Waals surface area contributed by atoms with Crippen LogP contribution >= 0.6 is 11.6 Å². The summed E-state index contributed by atoms with van der Waals surface area (Å²) in [5.74, 6) is 0. The highest BCUT2D eigenvalue weighted by Gasteiger charge is 2.01. The van der Waals surface area contributed by atoms with Crippen LogP contribution in [-0.4, -0.2) is 19.6 Å². The Labute approximate surface area is 81.6 Å². The molecule has 0 aliphatic rings. The second-order valence-electron chi connectivity index (χ2n) is 2.20. The zero-order valence-corrected chi connectivity index (χ0v) is 8.58. The highest BCUT2D eigenvalue weighted by molar-refractivity contribution is 6.32. The van der Waals surface area contributed by atoms with Gasteiger partial charge in [-0.25, -0.2) is 14.5 Å². The largest absolute Gasteiger partial charge is 0.236 e. The van der Waals surface area contributed by atoms with Crippen molar-refractivity contribution in [2.24, 2.45) is 0 Å². The van der Waals surface area contributed by atoms with Gasteiger partial charge in [0, 0.05) is 0 Å². The zero-order valence-electron chi connectivity index (χ0n) is 7.82. The molecule has 0 saturated carbocycles. The molecule has 0 saturated heterocycles. The number of fused-ring (bicyclic) bond motifs is 1. The standard InChI is InChI=1S/C6H5ClN4.C2H6/c1-4-2-11-6(5(7)10-4)8-3-9-11;1-2/h2-3H,1H3;1-2H3. The number of hydrogen-bond acceptors (Lipinski definition) is 3. The SMILES string of the molecule is CC.Cc1cn2ncnc2c(Cl)n1. The maximum atomic E-state index is 5.77. The summed E-state index contributed by atoms with van der Waals surface area (Å²) in [7, 11) is 0. The topological polar surface area (TPSA) is 43.1 Å². The summed E-state index contributed by atoms with van der Waals surface area (Å²) in [5, 5.41) is 4.31. The fourth-order valence-corrected chi connectivity index (χ4v) is 1.17. The third-order valence-corrected chi connectivity index (χ3v) is 1.59. The first-order valence-corrected chi connectivity index (χ1v) is 4.47. The second kappa shape index (κ2) is 4.18. The average Bonchev–Trinajstić information content (AvgIpc) is 2.55. The molecule has 0 aromatic carbocycles. The van der Waals surface area contributed by atoms with E-state index in [0.29, 0.717) is 10.8 Å². The molecule has 13 heavy (non-hydrogen) atoms. The van der Waals surface area contributed by atoms with Crippen LogP contribution in [-0.2, 0) is 0 Å². The zero-order chi connectivity index (χ0) is 9.84. The van der Waals surface area contributed by atoms with Gasteiger partial charge in [0.25, 0.3) is 0 Å². The van der Waals surface area contributed by atoms with Crippen LogP contribution in [0.15, 0.2) is 12.5 Å². The van der Waals surface area contributed by atoms with Crippen molar-refractivity contribution < 1.29 is 0 Å². The van der Waals surface area contributed by atoms with Crippen molar-refractivity contribution in [3.05, 3.63) is 23.4 Å². The third kappa shape index (κ3) is 1.95. The van der Waals surface area contributed by atoms with Gasteiger partial charge in [0.2, 0.25) is 0 Å². The lowest BCUT2D eigenvalue weighted by Gasteiger charge is -1.94. The van der Waals surface area contributed by atoms with Crippen molar-refractivity contribution in [1.82, 2.24) is 19.6 Å². The first-order chi connectivity index (χ1) is 6.27. The molecule has 4 nitrogen and oxygen atoms in total. The van der Waals surface area contributed by atoms with E-state index in [2.05, 4.69) is 15.1 Å². The van der Waals surface area contributed by atoms with Gasteiger partial charge in [-0.15, -0.1) is 0 Å². The highest BCUT2D eigenvalue weighted by Crippen LogP contribution is 2.10. The minimum absolute atomic E-state index is 0.391. The van der Waals surface area contributed by atoms with Gasteiger partial charge in [0.1, 0.15) is 6.33 Å². The molecule has 2 rings (SSSR count). The van der Waals surface area contributed by atoms with Crippen molar-refractivity contribution in [3.8, 4) is 0 Å². The van der Waals surface area contributed by atoms with Crippen molar-refractivity contribution in [2.75, 3.05) is 0 Å². The molecule has 0 atom stereocenters. The van der Waals surface area contributed by atoms with Gasteiger partial charge >= 0.3 is 0 Å². The normalized spacial score (nSPS) is 9.54. The molecule has 0 amide bonds. The van der Waals surface area contributed by atoms with Crippen LogP contribution in [0.1, 0.15) is 19.5 Å². The van der Waals surface area contributed by atoms with Gasteiger partial charge in [0.05, 0.1) is 11.9 Å². The van der Waals surface area contributed by atoms with Gasteiger partial charge in [-0.1, -0.05) is 25.4 Å². The molecule has 0 aliphatic heterocycles. The van der Waals surface area contributed by atoms with Gasteiger partial charge < -0.3 is 0 Å². The Morgan fingerprint density at radius 1 is 1.38 bits per heavy atom. The third-order valence-electron chi connectivity index (χ3n) is 1.34. The second-order valence-corrected chi connectivity index (χ2v) is 2.56. The molecular formula is C8H11ClN4. The number of rotatable bonds is 0. The Bertz CT molecular complexity index is 396. The summed E-state index contributed by atoms with van der Waals surface area (Å²) in [4.78, 5) is 7.93. The number of aromatic nitrogens is 4. The molecule has 0 aliphatic carbocycles. The Morgan fingerprint density at radius 3 is 2.77 bits per heavy atom. The summed E-state index contributed by atoms with van der Waals surface area (Å²) < 4.78 is 1.60. The molecule has 2 heterocycles. The predicted octanol–water partition coefficient (Wildman–Crippen LogP) is 2.11. The monoisotopic (exact) mass is 198 g/mol. The smallest absolute Gasteiger partial charge is 0.193 e. The van der Waals surface area contributed by atoms with E-state index in [1.165, 1.54) is 6.33 Å². The van der Waals surface area contributed by atoms with E-state index < -0.39 is 0 Å². The first-order valence-electron chi connectivity index (χ1n) is 4.10. The molecular weight excluding hydrogens is 188 g/mol. The molecule has 0 N–H and O–H groups in total. The number of hydrogen-bond donors (Lipinski definition) is 0. The van der Waals surface area contributed by atoms with E-state index in [0.717, 1.165) is 5.69 Å². The Morgan fingerprint density at radius 2 is 2.08 bits per heavy atom. The van der Waals surface area contributed by atoms with Gasteiger partial charge in [-0.05, 0) is 6.92 Å². The molecule has 5 heteroatoms. The van der Waals surface area contributed by atoms with Crippen molar-refractivity contribution in [3.63, 3.8) is 0 Å². The summed E-state index contributed by atoms with van der Waals surface area (Å²) >= 11 is 5.77. The van der Waals surface area contributed by atoms with Gasteiger partial charge in [-0.3, -0.25) is 0 Å². The molecule has 0 spiro atoms. The average molecular weight is 199 g/mol. The summed E-state index contributed by atoms with van der Waals surface area (Å²) in [6.07, 6.45) is 3.22. The fourth-order valence-electron chi connectivity index (χ4n) is 0.903. The van der Waals surface area contributed by atoms with E-state index in [1.807, 2.05) is 20.8 Å². The first kappa shape index (κ1) is 9.92. The maximum Gasteiger partial charge on any atom is 0.193 e. The molecule has 2 aromatic heterocycles. The summed E-state index contributed by atoms with van der Waals surface area (Å²) in [6.45, 7) is 5.85.